The summed E-state index contributed by atoms with van der Waals surface area (Å²) in [5.74, 6) is -3.63. The van der Waals surface area contributed by atoms with Crippen molar-refractivity contribution in [2.75, 3.05) is 6.54 Å². The summed E-state index contributed by atoms with van der Waals surface area (Å²) in [5, 5.41) is 4.36. The molecule has 1 heterocycles. The van der Waals surface area contributed by atoms with Crippen molar-refractivity contribution in [3.63, 3.8) is 0 Å². The number of halogens is 4. The lowest BCUT2D eigenvalue weighted by Gasteiger charge is -2.29. The van der Waals surface area contributed by atoms with Crippen molar-refractivity contribution in [1.29, 1.82) is 0 Å². The Morgan fingerprint density at radius 1 is 1.23 bits per heavy atom. The van der Waals surface area contributed by atoms with Crippen molar-refractivity contribution in [3.8, 4) is 11.5 Å². The molecule has 1 aliphatic heterocycles. The second-order valence-electron chi connectivity index (χ2n) is 6.15. The first-order valence-electron chi connectivity index (χ1n) is 8.27. The third-order valence-electron chi connectivity index (χ3n) is 4.18. The highest BCUT2D eigenvalue weighted by atomic mass is 35.5. The molecule has 3 rings (SSSR count). The van der Waals surface area contributed by atoms with E-state index in [9.17, 15) is 18.0 Å². The number of ether oxygens (including phenoxy) is 2. The minimum atomic E-state index is -5.00. The Labute approximate surface area is 153 Å². The molecule has 0 radical (unpaired) electrons. The first-order valence-corrected chi connectivity index (χ1v) is 8.65. The summed E-state index contributed by atoms with van der Waals surface area (Å²) in [7, 11) is 0. The van der Waals surface area contributed by atoms with Gasteiger partial charge in [0, 0.05) is 17.6 Å². The molecule has 2 N–H and O–H groups in total. The fourth-order valence-corrected chi connectivity index (χ4v) is 3.04. The molecule has 2 aliphatic rings. The largest absolute Gasteiger partial charge is 0.492 e. The molecule has 0 aromatic heterocycles. The highest BCUT2D eigenvalue weighted by Gasteiger charge is 2.65. The van der Waals surface area contributed by atoms with Crippen LogP contribution in [0.1, 0.15) is 32.1 Å². The van der Waals surface area contributed by atoms with Crippen molar-refractivity contribution >= 4 is 17.6 Å². The van der Waals surface area contributed by atoms with Gasteiger partial charge in [-0.05, 0) is 44.2 Å². The van der Waals surface area contributed by atoms with E-state index in [1.54, 1.807) is 5.32 Å². The number of fused-ring (bicyclic) bond motifs is 1. The number of rotatable bonds is 4. The number of carbonyl (C=O) groups excluding carboxylic acids is 1. The number of benzene rings is 1. The molecule has 0 fully saturated rings. The fraction of sp³-hybridized carbons (Fsp3) is 0.471. The average molecular weight is 391 g/mol. The maximum atomic E-state index is 13.5. The third kappa shape index (κ3) is 4.00. The van der Waals surface area contributed by atoms with E-state index < -0.39 is 18.1 Å². The minimum Gasteiger partial charge on any atom is -0.424 e. The summed E-state index contributed by atoms with van der Waals surface area (Å²) in [5.41, 5.74) is 1.21. The maximum Gasteiger partial charge on any atom is 0.492 e. The normalized spacial score (nSPS) is 21.9. The molecule has 1 aliphatic carbocycles. The van der Waals surface area contributed by atoms with Crippen molar-refractivity contribution < 1.29 is 27.4 Å². The Balaban J connectivity index is 1.63. The Morgan fingerprint density at radius 2 is 2.00 bits per heavy atom. The summed E-state index contributed by atoms with van der Waals surface area (Å²) in [4.78, 5) is 12.0. The maximum absolute atomic E-state index is 13.5. The first kappa shape index (κ1) is 18.7. The molecule has 5 nitrogen and oxygen atoms in total. The number of urea groups is 1. The number of alkyl halides is 3. The van der Waals surface area contributed by atoms with Crippen LogP contribution in [-0.2, 0) is 0 Å². The number of carbonyl (C=O) groups is 1. The lowest BCUT2D eigenvalue weighted by molar-refractivity contribution is -0.317. The molecule has 0 saturated heterocycles. The predicted octanol–water partition coefficient (Wildman–Crippen LogP) is 4.52. The van der Waals surface area contributed by atoms with Crippen LogP contribution in [0.5, 0.6) is 11.5 Å². The lowest BCUT2D eigenvalue weighted by atomic mass is 9.97. The van der Waals surface area contributed by atoms with Gasteiger partial charge in [0.15, 0.2) is 11.5 Å². The van der Waals surface area contributed by atoms with E-state index in [1.807, 2.05) is 0 Å². The topological polar surface area (TPSA) is 59.6 Å². The first-order chi connectivity index (χ1) is 12.3. The molecule has 1 atom stereocenters. The summed E-state index contributed by atoms with van der Waals surface area (Å²) < 4.78 is 50.3. The second-order valence-corrected chi connectivity index (χ2v) is 6.59. The standard InChI is InChI=1S/C17H18ClF3N2O3/c18-12-6-7-13-14(10-12)26-17(25-13,16(19,20)21)23-15(24)22-9-8-11-4-2-1-3-5-11/h4,6-7,10H,1-3,5,8-9H2,(H2,22,23,24)/t17-/m1/s1. The van der Waals surface area contributed by atoms with Gasteiger partial charge in [-0.2, -0.15) is 13.2 Å². The summed E-state index contributed by atoms with van der Waals surface area (Å²) in [6.07, 6.45) is 1.91. The number of amides is 2. The quantitative estimate of drug-likeness (QED) is 0.743. The Kier molecular flexibility index (Phi) is 5.22. The zero-order valence-corrected chi connectivity index (χ0v) is 14.5. The summed E-state index contributed by atoms with van der Waals surface area (Å²) in [6, 6.07) is 2.78. The molecule has 2 amide bonds. The minimum absolute atomic E-state index is 0.153. The van der Waals surface area contributed by atoms with Gasteiger partial charge in [0.2, 0.25) is 0 Å². The second kappa shape index (κ2) is 7.26. The monoisotopic (exact) mass is 390 g/mol. The van der Waals surface area contributed by atoms with Crippen LogP contribution in [0, 0.1) is 0 Å². The summed E-state index contributed by atoms with van der Waals surface area (Å²) in [6.45, 7) is 0.227. The van der Waals surface area contributed by atoms with Gasteiger partial charge in [0.1, 0.15) is 0 Å². The molecule has 0 spiro atoms. The van der Waals surface area contributed by atoms with Gasteiger partial charge in [-0.1, -0.05) is 23.3 Å². The molecule has 142 valence electrons. The molecular weight excluding hydrogens is 373 g/mol. The van der Waals surface area contributed by atoms with Gasteiger partial charge in [0.05, 0.1) is 0 Å². The van der Waals surface area contributed by atoms with Crippen molar-refractivity contribution in [2.45, 2.75) is 44.2 Å². The SMILES string of the molecule is O=C(NCCC1=CCCCC1)N[C@]1(C(F)(F)F)Oc2ccc(Cl)cc2O1. The van der Waals surface area contributed by atoms with Crippen LogP contribution in [0.25, 0.3) is 0 Å². The van der Waals surface area contributed by atoms with Gasteiger partial charge < -0.3 is 14.8 Å². The lowest BCUT2D eigenvalue weighted by Crippen LogP contribution is -2.66. The van der Waals surface area contributed by atoms with E-state index in [-0.39, 0.29) is 23.1 Å². The highest BCUT2D eigenvalue weighted by molar-refractivity contribution is 6.30. The van der Waals surface area contributed by atoms with E-state index >= 15 is 0 Å². The van der Waals surface area contributed by atoms with Crippen molar-refractivity contribution in [2.24, 2.45) is 0 Å². The van der Waals surface area contributed by atoms with Crippen LogP contribution in [0.3, 0.4) is 0 Å². The van der Waals surface area contributed by atoms with Crippen LogP contribution in [0.15, 0.2) is 29.8 Å². The molecule has 0 saturated carbocycles. The van der Waals surface area contributed by atoms with Crippen LogP contribution >= 0.6 is 11.6 Å². The van der Waals surface area contributed by atoms with Crippen LogP contribution in [-0.4, -0.2) is 24.7 Å². The van der Waals surface area contributed by atoms with E-state index in [2.05, 4.69) is 11.4 Å². The molecule has 0 bridgehead atoms. The van der Waals surface area contributed by atoms with Crippen LogP contribution in [0.2, 0.25) is 5.02 Å². The average Bonchev–Trinajstić information content (AvgIpc) is 2.94. The van der Waals surface area contributed by atoms with Crippen molar-refractivity contribution in [3.05, 3.63) is 34.9 Å². The predicted molar refractivity (Wildman–Crippen MR) is 89.2 cm³/mol. The van der Waals surface area contributed by atoms with Gasteiger partial charge in [0.25, 0.3) is 0 Å². The van der Waals surface area contributed by atoms with E-state index in [4.69, 9.17) is 21.1 Å². The molecule has 0 unspecified atom stereocenters. The van der Waals surface area contributed by atoms with Gasteiger partial charge >= 0.3 is 18.1 Å². The van der Waals surface area contributed by atoms with Crippen molar-refractivity contribution in [1.82, 2.24) is 10.6 Å². The zero-order chi connectivity index (χ0) is 18.8. The number of allylic oxidation sites excluding steroid dienone is 1. The molecule has 9 heteroatoms. The summed E-state index contributed by atoms with van der Waals surface area (Å²) >= 11 is 5.76. The highest BCUT2D eigenvalue weighted by Crippen LogP contribution is 2.46. The third-order valence-corrected chi connectivity index (χ3v) is 4.42. The smallest absolute Gasteiger partial charge is 0.424 e. The van der Waals surface area contributed by atoms with Gasteiger partial charge in [-0.15, -0.1) is 0 Å². The molecule has 26 heavy (non-hydrogen) atoms. The fourth-order valence-electron chi connectivity index (χ4n) is 2.88. The van der Waals surface area contributed by atoms with Gasteiger partial charge in [-0.25, -0.2) is 4.79 Å². The molecular formula is C17H18ClF3N2O3. The van der Waals surface area contributed by atoms with Crippen LogP contribution in [0.4, 0.5) is 18.0 Å². The van der Waals surface area contributed by atoms with E-state index in [1.165, 1.54) is 23.8 Å². The molecule has 1 aromatic carbocycles. The Morgan fingerprint density at radius 3 is 2.69 bits per heavy atom. The number of hydrogen-bond donors (Lipinski definition) is 2. The zero-order valence-electron chi connectivity index (χ0n) is 13.8. The molecule has 1 aromatic rings. The van der Waals surface area contributed by atoms with Gasteiger partial charge in [-0.3, -0.25) is 5.32 Å². The Hall–Kier alpha value is -2.09. The van der Waals surface area contributed by atoms with E-state index in [0.717, 1.165) is 25.7 Å². The number of hydrogen-bond acceptors (Lipinski definition) is 3. The van der Waals surface area contributed by atoms with E-state index in [0.29, 0.717) is 6.42 Å². The number of nitrogens with one attached hydrogen (secondary N) is 2. The Bertz CT molecular complexity index is 724. The van der Waals surface area contributed by atoms with Crippen LogP contribution < -0.4 is 20.1 Å².